The monoisotopic (exact) mass is 423 g/mol. The predicted octanol–water partition coefficient (Wildman–Crippen LogP) is 2.33. The van der Waals surface area contributed by atoms with Crippen molar-refractivity contribution in [2.75, 3.05) is 37.7 Å². The Morgan fingerprint density at radius 1 is 1.07 bits per heavy atom. The molecule has 3 aromatic rings. The summed E-state index contributed by atoms with van der Waals surface area (Å²) in [5.41, 5.74) is 1.43. The van der Waals surface area contributed by atoms with E-state index in [1.54, 1.807) is 42.5 Å². The minimum Gasteiger partial charge on any atom is -0.425 e. The van der Waals surface area contributed by atoms with E-state index in [-0.39, 0.29) is 0 Å². The number of thiazole rings is 1. The Labute approximate surface area is 175 Å². The van der Waals surface area contributed by atoms with Crippen LogP contribution in [0.5, 0.6) is 5.75 Å². The maximum absolute atomic E-state index is 12.4. The molecule has 0 N–H and O–H groups in total. The van der Waals surface area contributed by atoms with Crippen molar-refractivity contribution in [1.82, 2.24) is 9.88 Å². The molecule has 0 radical (unpaired) electrons. The molecule has 1 fully saturated rings. The fourth-order valence-electron chi connectivity index (χ4n) is 3.52. The third-order valence-electron chi connectivity index (χ3n) is 5.03. The molecule has 0 atom stereocenters. The molecule has 2 amide bonds. The standard InChI is InChI=1S/C21H17N3O5S/c25-18(12-24-19(26)14-3-1-2-4-15(14)20(24)27)29-13-5-6-16-17(11-13)30-21(22-16)23-7-9-28-10-8-23/h1-6,11H,7-10,12H2. The number of benzene rings is 2. The number of fused-ring (bicyclic) bond motifs is 2. The van der Waals surface area contributed by atoms with Gasteiger partial charge in [-0.3, -0.25) is 14.5 Å². The van der Waals surface area contributed by atoms with Crippen LogP contribution in [0.1, 0.15) is 20.7 Å². The van der Waals surface area contributed by atoms with Crippen LogP contribution in [-0.2, 0) is 9.53 Å². The zero-order chi connectivity index (χ0) is 20.7. The van der Waals surface area contributed by atoms with Gasteiger partial charge in [-0.15, -0.1) is 0 Å². The molecule has 8 nitrogen and oxygen atoms in total. The molecule has 2 aromatic carbocycles. The molecular formula is C21H17N3O5S. The molecular weight excluding hydrogens is 406 g/mol. The lowest BCUT2D eigenvalue weighted by atomic mass is 10.1. The van der Waals surface area contributed by atoms with E-state index in [0.29, 0.717) is 30.1 Å². The van der Waals surface area contributed by atoms with Gasteiger partial charge in [0.1, 0.15) is 12.3 Å². The van der Waals surface area contributed by atoms with Crippen LogP contribution in [0.25, 0.3) is 10.2 Å². The maximum Gasteiger partial charge on any atom is 0.331 e. The number of rotatable bonds is 4. The van der Waals surface area contributed by atoms with E-state index >= 15 is 0 Å². The summed E-state index contributed by atoms with van der Waals surface area (Å²) in [6, 6.07) is 11.7. The zero-order valence-electron chi connectivity index (χ0n) is 15.9. The van der Waals surface area contributed by atoms with E-state index < -0.39 is 24.3 Å². The topological polar surface area (TPSA) is 89.0 Å². The van der Waals surface area contributed by atoms with Gasteiger partial charge in [-0.1, -0.05) is 23.5 Å². The van der Waals surface area contributed by atoms with Crippen molar-refractivity contribution in [1.29, 1.82) is 0 Å². The number of anilines is 1. The minimum absolute atomic E-state index is 0.303. The summed E-state index contributed by atoms with van der Waals surface area (Å²) < 4.78 is 11.7. The number of amides is 2. The summed E-state index contributed by atoms with van der Waals surface area (Å²) in [6.45, 7) is 2.50. The van der Waals surface area contributed by atoms with Crippen molar-refractivity contribution in [3.8, 4) is 5.75 Å². The van der Waals surface area contributed by atoms with Gasteiger partial charge in [0.05, 0.1) is 34.6 Å². The van der Waals surface area contributed by atoms with Gasteiger partial charge in [-0.25, -0.2) is 9.78 Å². The first-order valence-electron chi connectivity index (χ1n) is 9.49. The molecule has 5 rings (SSSR count). The third-order valence-corrected chi connectivity index (χ3v) is 6.11. The summed E-state index contributed by atoms with van der Waals surface area (Å²) in [5.74, 6) is -1.30. The van der Waals surface area contributed by atoms with Gasteiger partial charge in [0.25, 0.3) is 11.8 Å². The van der Waals surface area contributed by atoms with E-state index in [0.717, 1.165) is 33.3 Å². The van der Waals surface area contributed by atoms with Gasteiger partial charge in [-0.05, 0) is 24.3 Å². The fraction of sp³-hybridized carbons (Fsp3) is 0.238. The summed E-state index contributed by atoms with van der Waals surface area (Å²) in [5, 5.41) is 0.905. The van der Waals surface area contributed by atoms with Gasteiger partial charge in [0.2, 0.25) is 0 Å². The number of imide groups is 1. The lowest BCUT2D eigenvalue weighted by Gasteiger charge is -2.25. The average Bonchev–Trinajstić information content (AvgIpc) is 3.29. The molecule has 0 saturated carbocycles. The molecule has 1 saturated heterocycles. The first-order valence-corrected chi connectivity index (χ1v) is 10.3. The second kappa shape index (κ2) is 7.51. The summed E-state index contributed by atoms with van der Waals surface area (Å²) in [4.78, 5) is 44.9. The van der Waals surface area contributed by atoms with Crippen LogP contribution < -0.4 is 9.64 Å². The quantitative estimate of drug-likeness (QED) is 0.361. The van der Waals surface area contributed by atoms with Crippen LogP contribution in [0.3, 0.4) is 0 Å². The smallest absolute Gasteiger partial charge is 0.331 e. The molecule has 9 heteroatoms. The van der Waals surface area contributed by atoms with Crippen molar-refractivity contribution >= 4 is 44.5 Å². The van der Waals surface area contributed by atoms with Crippen molar-refractivity contribution in [2.45, 2.75) is 0 Å². The van der Waals surface area contributed by atoms with Gasteiger partial charge >= 0.3 is 5.97 Å². The first-order chi connectivity index (χ1) is 14.6. The van der Waals surface area contributed by atoms with Gasteiger partial charge in [-0.2, -0.15) is 0 Å². The number of carbonyl (C=O) groups excluding carboxylic acids is 3. The molecule has 0 unspecified atom stereocenters. The number of nitrogens with zero attached hydrogens (tertiary/aromatic N) is 3. The molecule has 2 aliphatic rings. The summed E-state index contributed by atoms with van der Waals surface area (Å²) in [6.07, 6.45) is 0. The lowest BCUT2D eigenvalue weighted by Crippen LogP contribution is -2.36. The number of hydrogen-bond donors (Lipinski definition) is 0. The fourth-order valence-corrected chi connectivity index (χ4v) is 4.57. The van der Waals surface area contributed by atoms with Crippen LogP contribution in [0, 0.1) is 0 Å². The molecule has 152 valence electrons. The third kappa shape index (κ3) is 3.31. The molecule has 0 spiro atoms. The highest BCUT2D eigenvalue weighted by Gasteiger charge is 2.36. The highest BCUT2D eigenvalue weighted by atomic mass is 32.1. The van der Waals surface area contributed by atoms with Crippen LogP contribution in [0.4, 0.5) is 5.13 Å². The maximum atomic E-state index is 12.4. The van der Waals surface area contributed by atoms with Gasteiger partial charge in [0.15, 0.2) is 5.13 Å². The summed E-state index contributed by atoms with van der Waals surface area (Å²) in [7, 11) is 0. The van der Waals surface area contributed by atoms with Gasteiger partial charge < -0.3 is 14.4 Å². The van der Waals surface area contributed by atoms with E-state index in [2.05, 4.69) is 9.88 Å². The molecule has 0 aliphatic carbocycles. The highest BCUT2D eigenvalue weighted by molar-refractivity contribution is 7.22. The second-order valence-corrected chi connectivity index (χ2v) is 7.95. The number of hydrogen-bond acceptors (Lipinski definition) is 8. The van der Waals surface area contributed by atoms with Crippen LogP contribution in [-0.4, -0.2) is 60.5 Å². The Morgan fingerprint density at radius 3 is 2.47 bits per heavy atom. The molecule has 30 heavy (non-hydrogen) atoms. The largest absolute Gasteiger partial charge is 0.425 e. The van der Waals surface area contributed by atoms with Crippen LogP contribution in [0.2, 0.25) is 0 Å². The second-order valence-electron chi connectivity index (χ2n) is 6.94. The lowest BCUT2D eigenvalue weighted by molar-refractivity contribution is -0.134. The van der Waals surface area contributed by atoms with E-state index in [4.69, 9.17) is 9.47 Å². The highest BCUT2D eigenvalue weighted by Crippen LogP contribution is 2.32. The number of esters is 1. The normalized spacial score (nSPS) is 16.3. The minimum atomic E-state index is -0.679. The average molecular weight is 423 g/mol. The zero-order valence-corrected chi connectivity index (χ0v) is 16.7. The predicted molar refractivity (Wildman–Crippen MR) is 110 cm³/mol. The van der Waals surface area contributed by atoms with Gasteiger partial charge in [0, 0.05) is 19.2 Å². The molecule has 1 aromatic heterocycles. The Kier molecular flexibility index (Phi) is 4.68. The van der Waals surface area contributed by atoms with Crippen molar-refractivity contribution in [3.63, 3.8) is 0 Å². The number of ether oxygens (including phenoxy) is 2. The van der Waals surface area contributed by atoms with Crippen molar-refractivity contribution < 1.29 is 23.9 Å². The Bertz CT molecular complexity index is 1130. The Hall–Kier alpha value is -3.30. The number of aromatic nitrogens is 1. The first kappa shape index (κ1) is 18.7. The Balaban J connectivity index is 1.29. The molecule has 0 bridgehead atoms. The van der Waals surface area contributed by atoms with Crippen LogP contribution in [0.15, 0.2) is 42.5 Å². The van der Waals surface area contributed by atoms with E-state index in [1.165, 1.54) is 11.3 Å². The number of carbonyl (C=O) groups is 3. The number of morpholine rings is 1. The SMILES string of the molecule is O=C(CN1C(=O)c2ccccc2C1=O)Oc1ccc2nc(N3CCOCC3)sc2c1. The Morgan fingerprint density at radius 2 is 1.77 bits per heavy atom. The molecule has 2 aliphatic heterocycles. The molecule has 3 heterocycles. The van der Waals surface area contributed by atoms with Crippen molar-refractivity contribution in [3.05, 3.63) is 53.6 Å². The summed E-state index contributed by atoms with van der Waals surface area (Å²) >= 11 is 1.52. The van der Waals surface area contributed by atoms with E-state index in [1.807, 2.05) is 0 Å². The van der Waals surface area contributed by atoms with Crippen molar-refractivity contribution in [2.24, 2.45) is 0 Å². The van der Waals surface area contributed by atoms with Crippen LogP contribution >= 0.6 is 11.3 Å². The van der Waals surface area contributed by atoms with E-state index in [9.17, 15) is 14.4 Å².